The lowest BCUT2D eigenvalue weighted by atomic mass is 10.1. The molecule has 0 atom stereocenters. The molecular weight excluding hydrogens is 440 g/mol. The Morgan fingerprint density at radius 2 is 1.97 bits per heavy atom. The van der Waals surface area contributed by atoms with Crippen molar-refractivity contribution in [3.05, 3.63) is 68.2 Å². The van der Waals surface area contributed by atoms with E-state index in [0.717, 1.165) is 42.4 Å². The largest absolute Gasteiger partial charge is 0.371 e. The van der Waals surface area contributed by atoms with Gasteiger partial charge in [-0.2, -0.15) is 9.78 Å². The molecule has 1 aliphatic heterocycles. The number of aromatic nitrogens is 2. The smallest absolute Gasteiger partial charge is 0.282 e. The van der Waals surface area contributed by atoms with Crippen LogP contribution < -0.4 is 10.5 Å². The Balaban J connectivity index is 1.71. The molecule has 4 rings (SSSR count). The van der Waals surface area contributed by atoms with Crippen LogP contribution in [0.4, 0.5) is 5.69 Å². The highest BCUT2D eigenvalue weighted by Crippen LogP contribution is 2.24. The predicted molar refractivity (Wildman–Crippen MR) is 128 cm³/mol. The highest BCUT2D eigenvalue weighted by Gasteiger charge is 2.14. The summed E-state index contributed by atoms with van der Waals surface area (Å²) in [6.45, 7) is 6.53. The predicted octanol–water partition coefficient (Wildman–Crippen LogP) is 5.29. The third kappa shape index (κ3) is 4.33. The van der Waals surface area contributed by atoms with Gasteiger partial charge < -0.3 is 4.90 Å². The molecule has 3 aromatic rings. The van der Waals surface area contributed by atoms with Crippen LogP contribution in [-0.2, 0) is 6.42 Å². The highest BCUT2D eigenvalue weighted by molar-refractivity contribution is 9.10. The molecule has 0 bridgehead atoms. The molecule has 6 heteroatoms. The maximum absolute atomic E-state index is 13.2. The molecule has 1 aromatic heterocycles. The SMILES string of the molecule is CCCCc1nc2ccc(Br)cc2c(=O)n1N=Cc1ccc(N2CCCC2)c(C)c1. The highest BCUT2D eigenvalue weighted by atomic mass is 79.9. The average molecular weight is 467 g/mol. The van der Waals surface area contributed by atoms with Crippen molar-refractivity contribution in [2.24, 2.45) is 5.10 Å². The number of halogens is 1. The van der Waals surface area contributed by atoms with Crippen LogP contribution in [0.2, 0.25) is 0 Å². The first-order valence-corrected chi connectivity index (χ1v) is 11.5. The quantitative estimate of drug-likeness (QED) is 0.463. The lowest BCUT2D eigenvalue weighted by Gasteiger charge is -2.20. The number of anilines is 1. The van der Waals surface area contributed by atoms with Gasteiger partial charge in [-0.05, 0) is 67.6 Å². The molecule has 0 spiro atoms. The monoisotopic (exact) mass is 466 g/mol. The van der Waals surface area contributed by atoms with Crippen LogP contribution in [0.3, 0.4) is 0 Å². The van der Waals surface area contributed by atoms with Gasteiger partial charge in [-0.15, -0.1) is 0 Å². The van der Waals surface area contributed by atoms with Crippen LogP contribution in [0.15, 0.2) is 50.8 Å². The van der Waals surface area contributed by atoms with Crippen LogP contribution >= 0.6 is 15.9 Å². The van der Waals surface area contributed by atoms with Gasteiger partial charge in [-0.25, -0.2) is 4.98 Å². The van der Waals surface area contributed by atoms with E-state index in [1.54, 1.807) is 6.21 Å². The maximum Gasteiger partial charge on any atom is 0.282 e. The summed E-state index contributed by atoms with van der Waals surface area (Å²) in [5.74, 6) is 0.707. The van der Waals surface area contributed by atoms with E-state index < -0.39 is 0 Å². The lowest BCUT2D eigenvalue weighted by Crippen LogP contribution is -2.22. The standard InChI is InChI=1S/C24H27BrN4O/c1-3-4-7-23-27-21-10-9-19(25)15-20(21)24(30)29(23)26-16-18-8-11-22(17(2)14-18)28-12-5-6-13-28/h8-11,14-16H,3-7,12-13H2,1-2H3. The van der Waals surface area contributed by atoms with Gasteiger partial charge in [0.25, 0.3) is 5.56 Å². The molecule has 30 heavy (non-hydrogen) atoms. The molecule has 0 aliphatic carbocycles. The van der Waals surface area contributed by atoms with Gasteiger partial charge in [-0.1, -0.05) is 35.3 Å². The number of hydrogen-bond donors (Lipinski definition) is 0. The van der Waals surface area contributed by atoms with Crippen LogP contribution in [0, 0.1) is 6.92 Å². The van der Waals surface area contributed by atoms with Crippen molar-refractivity contribution in [1.82, 2.24) is 9.66 Å². The molecule has 1 fully saturated rings. The summed E-state index contributed by atoms with van der Waals surface area (Å²) in [4.78, 5) is 20.3. The van der Waals surface area contributed by atoms with E-state index in [4.69, 9.17) is 4.98 Å². The van der Waals surface area contributed by atoms with Crippen molar-refractivity contribution in [3.63, 3.8) is 0 Å². The minimum atomic E-state index is -0.130. The fourth-order valence-electron chi connectivity index (χ4n) is 4.01. The third-order valence-corrected chi connectivity index (χ3v) is 6.11. The zero-order chi connectivity index (χ0) is 21.1. The Labute approximate surface area is 185 Å². The second-order valence-electron chi connectivity index (χ2n) is 7.89. The Morgan fingerprint density at radius 3 is 2.70 bits per heavy atom. The molecular formula is C24H27BrN4O. The summed E-state index contributed by atoms with van der Waals surface area (Å²) < 4.78 is 2.33. The van der Waals surface area contributed by atoms with Gasteiger partial charge >= 0.3 is 0 Å². The molecule has 2 aromatic carbocycles. The first-order valence-electron chi connectivity index (χ1n) is 10.7. The third-order valence-electron chi connectivity index (χ3n) is 5.62. The average Bonchev–Trinajstić information content (AvgIpc) is 3.27. The summed E-state index contributed by atoms with van der Waals surface area (Å²) in [6, 6.07) is 12.0. The fourth-order valence-corrected chi connectivity index (χ4v) is 4.37. The van der Waals surface area contributed by atoms with Gasteiger partial charge in [0, 0.05) is 29.7 Å². The van der Waals surface area contributed by atoms with Crippen molar-refractivity contribution < 1.29 is 0 Å². The Bertz CT molecular complexity index is 1150. The van der Waals surface area contributed by atoms with Crippen molar-refractivity contribution in [2.75, 3.05) is 18.0 Å². The number of aryl methyl sites for hydroxylation is 2. The van der Waals surface area contributed by atoms with E-state index in [1.807, 2.05) is 18.2 Å². The molecule has 5 nitrogen and oxygen atoms in total. The summed E-state index contributed by atoms with van der Waals surface area (Å²) in [5.41, 5.74) is 4.10. The van der Waals surface area contributed by atoms with E-state index in [1.165, 1.54) is 28.8 Å². The van der Waals surface area contributed by atoms with E-state index in [0.29, 0.717) is 16.7 Å². The first kappa shape index (κ1) is 20.8. The Hall–Kier alpha value is -2.47. The summed E-state index contributed by atoms with van der Waals surface area (Å²) >= 11 is 3.45. The van der Waals surface area contributed by atoms with E-state index in [2.05, 4.69) is 58.0 Å². The zero-order valence-corrected chi connectivity index (χ0v) is 19.2. The Morgan fingerprint density at radius 1 is 1.17 bits per heavy atom. The molecule has 0 saturated carbocycles. The molecule has 1 saturated heterocycles. The van der Waals surface area contributed by atoms with Crippen LogP contribution in [0.1, 0.15) is 49.6 Å². The normalized spacial score (nSPS) is 14.3. The molecule has 0 unspecified atom stereocenters. The topological polar surface area (TPSA) is 50.5 Å². The first-order chi connectivity index (χ1) is 14.6. The molecule has 0 amide bonds. The lowest BCUT2D eigenvalue weighted by molar-refractivity contribution is 0.675. The summed E-state index contributed by atoms with van der Waals surface area (Å²) in [5, 5.41) is 5.14. The van der Waals surface area contributed by atoms with Crippen molar-refractivity contribution >= 4 is 38.7 Å². The van der Waals surface area contributed by atoms with Gasteiger partial charge in [-0.3, -0.25) is 4.79 Å². The van der Waals surface area contributed by atoms with Crippen molar-refractivity contribution in [1.29, 1.82) is 0 Å². The van der Waals surface area contributed by atoms with Gasteiger partial charge in [0.2, 0.25) is 0 Å². The minimum absolute atomic E-state index is 0.130. The van der Waals surface area contributed by atoms with Gasteiger partial charge in [0.05, 0.1) is 17.1 Å². The van der Waals surface area contributed by atoms with Gasteiger partial charge in [0.15, 0.2) is 0 Å². The molecule has 0 radical (unpaired) electrons. The summed E-state index contributed by atoms with van der Waals surface area (Å²) in [6.07, 6.45) is 7.02. The van der Waals surface area contributed by atoms with E-state index in [-0.39, 0.29) is 5.56 Å². The van der Waals surface area contributed by atoms with Crippen LogP contribution in [-0.4, -0.2) is 29.0 Å². The van der Waals surface area contributed by atoms with Gasteiger partial charge in [0.1, 0.15) is 5.82 Å². The summed E-state index contributed by atoms with van der Waals surface area (Å²) in [7, 11) is 0. The maximum atomic E-state index is 13.2. The number of unbranched alkanes of at least 4 members (excludes halogenated alkanes) is 1. The Kier molecular flexibility index (Phi) is 6.32. The van der Waals surface area contributed by atoms with Crippen LogP contribution in [0.5, 0.6) is 0 Å². The molecule has 0 N–H and O–H groups in total. The second-order valence-corrected chi connectivity index (χ2v) is 8.81. The number of fused-ring (bicyclic) bond motifs is 1. The number of rotatable bonds is 6. The van der Waals surface area contributed by atoms with Crippen molar-refractivity contribution in [2.45, 2.75) is 46.0 Å². The number of benzene rings is 2. The van der Waals surface area contributed by atoms with Crippen LogP contribution in [0.25, 0.3) is 10.9 Å². The zero-order valence-electron chi connectivity index (χ0n) is 17.6. The molecule has 1 aliphatic rings. The fraction of sp³-hybridized carbons (Fsp3) is 0.375. The van der Waals surface area contributed by atoms with E-state index >= 15 is 0 Å². The second kappa shape index (κ2) is 9.13. The minimum Gasteiger partial charge on any atom is -0.371 e. The number of nitrogens with zero attached hydrogens (tertiary/aromatic N) is 4. The number of hydrogen-bond acceptors (Lipinski definition) is 4. The molecule has 156 valence electrons. The van der Waals surface area contributed by atoms with Crippen molar-refractivity contribution in [3.8, 4) is 0 Å². The molecule has 2 heterocycles. The van der Waals surface area contributed by atoms with E-state index in [9.17, 15) is 4.79 Å².